The number of aromatic nitrogens is 2. The van der Waals surface area contributed by atoms with E-state index in [0.717, 1.165) is 17.5 Å². The van der Waals surface area contributed by atoms with Crippen molar-refractivity contribution in [2.75, 3.05) is 5.32 Å². The average Bonchev–Trinajstić information content (AvgIpc) is 2.69. The van der Waals surface area contributed by atoms with Crippen molar-refractivity contribution < 1.29 is 4.79 Å². The van der Waals surface area contributed by atoms with E-state index in [1.165, 1.54) is 0 Å². The second-order valence-electron chi connectivity index (χ2n) is 3.90. The first-order chi connectivity index (χ1) is 7.70. The Kier molecular flexibility index (Phi) is 2.90. The predicted octanol–water partition coefficient (Wildman–Crippen LogP) is 2.55. The molecular weight excluding hydrogens is 202 g/mol. The van der Waals surface area contributed by atoms with Crippen molar-refractivity contribution in [3.63, 3.8) is 0 Å². The number of amides is 1. The van der Waals surface area contributed by atoms with E-state index in [0.29, 0.717) is 5.95 Å². The third-order valence-electron chi connectivity index (χ3n) is 2.69. The van der Waals surface area contributed by atoms with E-state index in [9.17, 15) is 4.79 Å². The molecule has 84 valence electrons. The van der Waals surface area contributed by atoms with Crippen molar-refractivity contribution in [3.05, 3.63) is 24.3 Å². The Labute approximate surface area is 94.1 Å². The van der Waals surface area contributed by atoms with Crippen molar-refractivity contribution in [1.82, 2.24) is 9.97 Å². The fraction of sp³-hybridized carbons (Fsp3) is 0.333. The summed E-state index contributed by atoms with van der Waals surface area (Å²) in [6, 6.07) is 7.69. The first-order valence-electron chi connectivity index (χ1n) is 5.46. The molecule has 0 saturated heterocycles. The van der Waals surface area contributed by atoms with Crippen molar-refractivity contribution >= 4 is 22.9 Å². The number of hydrogen-bond donors (Lipinski definition) is 2. The van der Waals surface area contributed by atoms with Crippen molar-refractivity contribution in [1.29, 1.82) is 0 Å². The van der Waals surface area contributed by atoms with Gasteiger partial charge in [-0.25, -0.2) is 4.98 Å². The Bertz CT molecular complexity index is 471. The summed E-state index contributed by atoms with van der Waals surface area (Å²) >= 11 is 0. The molecule has 0 spiro atoms. The fourth-order valence-electron chi connectivity index (χ4n) is 1.44. The lowest BCUT2D eigenvalue weighted by Gasteiger charge is -2.06. The van der Waals surface area contributed by atoms with Gasteiger partial charge in [0, 0.05) is 5.92 Å². The SMILES string of the molecule is CC[C@H](C)C(=O)Nc1nc2ccccc2[nH]1. The molecule has 1 atom stereocenters. The van der Waals surface area contributed by atoms with Gasteiger partial charge in [0.05, 0.1) is 11.0 Å². The molecule has 0 aliphatic heterocycles. The number of para-hydroxylation sites is 2. The number of fused-ring (bicyclic) bond motifs is 1. The van der Waals surface area contributed by atoms with Crippen molar-refractivity contribution in [2.24, 2.45) is 5.92 Å². The molecular formula is C12H15N3O. The summed E-state index contributed by atoms with van der Waals surface area (Å²) in [4.78, 5) is 19.0. The molecule has 0 aliphatic carbocycles. The zero-order chi connectivity index (χ0) is 11.5. The smallest absolute Gasteiger partial charge is 0.229 e. The van der Waals surface area contributed by atoms with E-state index in [2.05, 4.69) is 15.3 Å². The molecule has 2 rings (SSSR count). The van der Waals surface area contributed by atoms with Gasteiger partial charge in [-0.15, -0.1) is 0 Å². The second-order valence-corrected chi connectivity index (χ2v) is 3.90. The molecule has 1 aromatic carbocycles. The molecule has 2 N–H and O–H groups in total. The first-order valence-corrected chi connectivity index (χ1v) is 5.46. The van der Waals surface area contributed by atoms with Gasteiger partial charge in [0.25, 0.3) is 0 Å². The highest BCUT2D eigenvalue weighted by molar-refractivity contribution is 5.92. The number of H-pyrrole nitrogens is 1. The van der Waals surface area contributed by atoms with Gasteiger partial charge in [0.1, 0.15) is 0 Å². The zero-order valence-corrected chi connectivity index (χ0v) is 9.45. The van der Waals surface area contributed by atoms with Gasteiger partial charge in [-0.2, -0.15) is 0 Å². The Morgan fingerprint density at radius 2 is 2.25 bits per heavy atom. The van der Waals surface area contributed by atoms with Crippen LogP contribution in [0.25, 0.3) is 11.0 Å². The van der Waals surface area contributed by atoms with E-state index >= 15 is 0 Å². The fourth-order valence-corrected chi connectivity index (χ4v) is 1.44. The van der Waals surface area contributed by atoms with Crippen LogP contribution in [0.15, 0.2) is 24.3 Å². The van der Waals surface area contributed by atoms with E-state index < -0.39 is 0 Å². The van der Waals surface area contributed by atoms with Crippen molar-refractivity contribution in [3.8, 4) is 0 Å². The predicted molar refractivity (Wildman–Crippen MR) is 64.2 cm³/mol. The topological polar surface area (TPSA) is 57.8 Å². The standard InChI is InChI=1S/C12H15N3O/c1-3-8(2)11(16)15-12-13-9-6-4-5-7-10(9)14-12/h4-8H,3H2,1-2H3,(H2,13,14,15,16)/t8-/m0/s1. The van der Waals surface area contributed by atoms with Crippen molar-refractivity contribution in [2.45, 2.75) is 20.3 Å². The van der Waals surface area contributed by atoms with Gasteiger partial charge in [0.15, 0.2) is 0 Å². The molecule has 0 bridgehead atoms. The lowest BCUT2D eigenvalue weighted by molar-refractivity contribution is -0.119. The summed E-state index contributed by atoms with van der Waals surface area (Å²) in [5, 5.41) is 2.78. The molecule has 1 aromatic heterocycles. The largest absolute Gasteiger partial charge is 0.324 e. The molecule has 1 heterocycles. The number of carbonyl (C=O) groups is 1. The summed E-state index contributed by atoms with van der Waals surface area (Å²) in [6.45, 7) is 3.89. The third kappa shape index (κ3) is 2.05. The van der Waals surface area contributed by atoms with Gasteiger partial charge in [-0.3, -0.25) is 10.1 Å². The van der Waals surface area contributed by atoms with Gasteiger partial charge in [-0.05, 0) is 18.6 Å². The Balaban J connectivity index is 2.18. The number of hydrogen-bond acceptors (Lipinski definition) is 2. The number of nitrogens with one attached hydrogen (secondary N) is 2. The molecule has 0 unspecified atom stereocenters. The van der Waals surface area contributed by atoms with E-state index in [1.807, 2.05) is 38.1 Å². The average molecular weight is 217 g/mol. The first kappa shape index (κ1) is 10.7. The van der Waals surface area contributed by atoms with Gasteiger partial charge in [0.2, 0.25) is 11.9 Å². The summed E-state index contributed by atoms with van der Waals surface area (Å²) < 4.78 is 0. The van der Waals surface area contributed by atoms with Gasteiger partial charge < -0.3 is 4.98 Å². The molecule has 4 nitrogen and oxygen atoms in total. The van der Waals surface area contributed by atoms with Crippen LogP contribution in [0, 0.1) is 5.92 Å². The van der Waals surface area contributed by atoms with E-state index in [4.69, 9.17) is 0 Å². The highest BCUT2D eigenvalue weighted by atomic mass is 16.2. The van der Waals surface area contributed by atoms with Crippen LogP contribution in [0.2, 0.25) is 0 Å². The van der Waals surface area contributed by atoms with Gasteiger partial charge in [-0.1, -0.05) is 26.0 Å². The Hall–Kier alpha value is -1.84. The van der Waals surface area contributed by atoms with E-state index in [1.54, 1.807) is 0 Å². The maximum atomic E-state index is 11.6. The maximum absolute atomic E-state index is 11.6. The molecule has 1 amide bonds. The monoisotopic (exact) mass is 217 g/mol. The molecule has 0 radical (unpaired) electrons. The number of benzene rings is 1. The van der Waals surface area contributed by atoms with Crippen LogP contribution < -0.4 is 5.32 Å². The Morgan fingerprint density at radius 3 is 2.94 bits per heavy atom. The molecule has 16 heavy (non-hydrogen) atoms. The Morgan fingerprint density at radius 1 is 1.50 bits per heavy atom. The third-order valence-corrected chi connectivity index (χ3v) is 2.69. The summed E-state index contributed by atoms with van der Waals surface area (Å²) in [5.74, 6) is 0.529. The molecule has 4 heteroatoms. The minimum atomic E-state index is 0.00144. The number of imidazole rings is 1. The lowest BCUT2D eigenvalue weighted by atomic mass is 10.1. The van der Waals surface area contributed by atoms with Crippen LogP contribution in [0.3, 0.4) is 0 Å². The minimum absolute atomic E-state index is 0.00144. The van der Waals surface area contributed by atoms with Crippen LogP contribution in [0.1, 0.15) is 20.3 Å². The molecule has 0 saturated carbocycles. The van der Waals surface area contributed by atoms with E-state index in [-0.39, 0.29) is 11.8 Å². The number of aromatic amines is 1. The number of nitrogens with zero attached hydrogens (tertiary/aromatic N) is 1. The maximum Gasteiger partial charge on any atom is 0.229 e. The normalized spacial score (nSPS) is 12.6. The number of carbonyl (C=O) groups excluding carboxylic acids is 1. The van der Waals surface area contributed by atoms with Crippen LogP contribution >= 0.6 is 0 Å². The highest BCUT2D eigenvalue weighted by Crippen LogP contribution is 2.14. The van der Waals surface area contributed by atoms with Gasteiger partial charge >= 0.3 is 0 Å². The van der Waals surface area contributed by atoms with Crippen LogP contribution in [0.5, 0.6) is 0 Å². The van der Waals surface area contributed by atoms with Crippen LogP contribution in [0.4, 0.5) is 5.95 Å². The minimum Gasteiger partial charge on any atom is -0.324 e. The molecule has 2 aromatic rings. The number of rotatable bonds is 3. The summed E-state index contributed by atoms with van der Waals surface area (Å²) in [7, 11) is 0. The molecule has 0 aliphatic rings. The second kappa shape index (κ2) is 4.35. The highest BCUT2D eigenvalue weighted by Gasteiger charge is 2.12. The zero-order valence-electron chi connectivity index (χ0n) is 9.45. The molecule has 0 fully saturated rings. The van der Waals surface area contributed by atoms with Crippen LogP contribution in [-0.4, -0.2) is 15.9 Å². The summed E-state index contributed by atoms with van der Waals surface area (Å²) in [6.07, 6.45) is 0.825. The summed E-state index contributed by atoms with van der Waals surface area (Å²) in [5.41, 5.74) is 1.80. The number of anilines is 1. The quantitative estimate of drug-likeness (QED) is 0.830. The lowest BCUT2D eigenvalue weighted by Crippen LogP contribution is -2.20. The van der Waals surface area contributed by atoms with Crippen LogP contribution in [-0.2, 0) is 4.79 Å².